The first-order valence-corrected chi connectivity index (χ1v) is 15.8. The molecule has 0 saturated carbocycles. The van der Waals surface area contributed by atoms with Crippen molar-refractivity contribution in [3.8, 4) is 17.1 Å². The first-order valence-electron chi connectivity index (χ1n) is 15.8. The number of carbonyl (C=O) groups excluding carboxylic acids is 1. The molecule has 3 unspecified atom stereocenters. The molecule has 3 aromatic carbocycles. The number of hydrogen-bond acceptors (Lipinski definition) is 7. The largest absolute Gasteiger partial charge is 0.497 e. The molecule has 8 nitrogen and oxygen atoms in total. The third-order valence-corrected chi connectivity index (χ3v) is 8.54. The van der Waals surface area contributed by atoms with Crippen LogP contribution >= 0.6 is 0 Å². The quantitative estimate of drug-likeness (QED) is 0.131. The van der Waals surface area contributed by atoms with Gasteiger partial charge in [0.15, 0.2) is 5.82 Å². The lowest BCUT2D eigenvalue weighted by molar-refractivity contribution is -0.143. The van der Waals surface area contributed by atoms with Crippen LogP contribution in [-0.2, 0) is 22.6 Å². The smallest absolute Gasteiger partial charge is 0.305 e. The second kappa shape index (κ2) is 15.1. The maximum absolute atomic E-state index is 11.7. The van der Waals surface area contributed by atoms with Crippen LogP contribution in [0.2, 0.25) is 0 Å². The van der Waals surface area contributed by atoms with Gasteiger partial charge in [0, 0.05) is 50.2 Å². The average Bonchev–Trinajstić information content (AvgIpc) is 3.51. The molecule has 1 aliphatic heterocycles. The number of nitrogens with zero attached hydrogens (tertiary/aromatic N) is 5. The van der Waals surface area contributed by atoms with Gasteiger partial charge in [0.25, 0.3) is 0 Å². The molecule has 44 heavy (non-hydrogen) atoms. The average molecular weight is 596 g/mol. The molecule has 8 heteroatoms. The highest BCUT2D eigenvalue weighted by Crippen LogP contribution is 2.36. The van der Waals surface area contributed by atoms with Crippen molar-refractivity contribution in [3.63, 3.8) is 0 Å². The second-order valence-corrected chi connectivity index (χ2v) is 11.7. The highest BCUT2D eigenvalue weighted by molar-refractivity contribution is 5.69. The number of methoxy groups -OCH3 is 1. The molecule has 0 radical (unpaired) electrons. The Hall–Kier alpha value is -4.01. The molecule has 0 amide bonds. The maximum Gasteiger partial charge on any atom is 0.305 e. The van der Waals surface area contributed by atoms with Crippen LogP contribution in [0, 0.1) is 0 Å². The number of esters is 1. The molecule has 1 saturated heterocycles. The van der Waals surface area contributed by atoms with Crippen LogP contribution in [0.1, 0.15) is 62.8 Å². The molecule has 0 spiro atoms. The molecular formula is C36H45N5O3. The van der Waals surface area contributed by atoms with Gasteiger partial charge in [-0.05, 0) is 62.4 Å². The van der Waals surface area contributed by atoms with Gasteiger partial charge in [-0.3, -0.25) is 14.6 Å². The summed E-state index contributed by atoms with van der Waals surface area (Å²) in [5.74, 6) is 1.56. The maximum atomic E-state index is 11.7. The molecule has 0 N–H and O–H groups in total. The van der Waals surface area contributed by atoms with Crippen molar-refractivity contribution in [1.82, 2.24) is 24.6 Å². The van der Waals surface area contributed by atoms with Crippen LogP contribution in [0.3, 0.4) is 0 Å². The van der Waals surface area contributed by atoms with Crippen molar-refractivity contribution in [2.75, 3.05) is 26.8 Å². The van der Waals surface area contributed by atoms with Gasteiger partial charge in [-0.15, -0.1) is 0 Å². The van der Waals surface area contributed by atoms with E-state index in [1.807, 2.05) is 17.7 Å². The van der Waals surface area contributed by atoms with Gasteiger partial charge in [-0.25, -0.2) is 9.67 Å². The Morgan fingerprint density at radius 3 is 2.48 bits per heavy atom. The van der Waals surface area contributed by atoms with Crippen LogP contribution in [0.25, 0.3) is 11.4 Å². The van der Waals surface area contributed by atoms with E-state index in [1.165, 1.54) is 16.7 Å². The summed E-state index contributed by atoms with van der Waals surface area (Å²) in [6.45, 7) is 10.5. The van der Waals surface area contributed by atoms with Crippen molar-refractivity contribution in [2.24, 2.45) is 0 Å². The summed E-state index contributed by atoms with van der Waals surface area (Å²) in [6, 6.07) is 28.8. The van der Waals surface area contributed by atoms with E-state index in [4.69, 9.17) is 9.47 Å². The number of benzene rings is 3. The Kier molecular flexibility index (Phi) is 10.8. The zero-order valence-corrected chi connectivity index (χ0v) is 26.4. The number of unbranched alkanes of at least 4 members (excludes halogenated alkanes) is 1. The van der Waals surface area contributed by atoms with E-state index in [2.05, 4.69) is 107 Å². The third kappa shape index (κ3) is 7.73. The summed E-state index contributed by atoms with van der Waals surface area (Å²) < 4.78 is 12.6. The van der Waals surface area contributed by atoms with Crippen LogP contribution in [0.5, 0.6) is 5.75 Å². The Labute approximate surface area is 261 Å². The molecule has 232 valence electrons. The summed E-state index contributed by atoms with van der Waals surface area (Å²) in [4.78, 5) is 21.5. The minimum Gasteiger partial charge on any atom is -0.497 e. The minimum atomic E-state index is -0.145. The first kappa shape index (κ1) is 31.4. The summed E-state index contributed by atoms with van der Waals surface area (Å²) in [7, 11) is 1.73. The van der Waals surface area contributed by atoms with Crippen LogP contribution < -0.4 is 4.74 Å². The fraction of sp³-hybridized carbons (Fsp3) is 0.417. The van der Waals surface area contributed by atoms with E-state index in [9.17, 15) is 4.79 Å². The van der Waals surface area contributed by atoms with Crippen LogP contribution in [-0.4, -0.2) is 69.4 Å². The van der Waals surface area contributed by atoms with Gasteiger partial charge >= 0.3 is 5.97 Å². The third-order valence-electron chi connectivity index (χ3n) is 8.54. The SMILES string of the molecule is CCOC(=O)CCCCn1ncnc1-c1ccc(C(c2cccc(OC)c2)N2CC(C)N(Cc3ccccc3)CC2C)cc1. The molecule has 2 heterocycles. The van der Waals surface area contributed by atoms with E-state index in [-0.39, 0.29) is 12.0 Å². The van der Waals surface area contributed by atoms with Crippen LogP contribution in [0.4, 0.5) is 0 Å². The lowest BCUT2D eigenvalue weighted by Gasteiger charge is -2.47. The van der Waals surface area contributed by atoms with Crippen molar-refractivity contribution >= 4 is 5.97 Å². The fourth-order valence-corrected chi connectivity index (χ4v) is 6.24. The predicted molar refractivity (Wildman–Crippen MR) is 173 cm³/mol. The van der Waals surface area contributed by atoms with E-state index in [1.54, 1.807) is 13.4 Å². The molecule has 4 aromatic rings. The summed E-state index contributed by atoms with van der Waals surface area (Å²) >= 11 is 0. The Morgan fingerprint density at radius 2 is 1.73 bits per heavy atom. The summed E-state index contributed by atoms with van der Waals surface area (Å²) in [5.41, 5.74) is 4.83. The summed E-state index contributed by atoms with van der Waals surface area (Å²) in [6.07, 6.45) is 3.62. The molecule has 5 rings (SSSR count). The van der Waals surface area contributed by atoms with Crippen molar-refractivity contribution in [1.29, 1.82) is 0 Å². The zero-order valence-electron chi connectivity index (χ0n) is 26.4. The molecule has 3 atom stereocenters. The molecule has 1 fully saturated rings. The van der Waals surface area contributed by atoms with Gasteiger partial charge in [-0.2, -0.15) is 5.10 Å². The number of ether oxygens (including phenoxy) is 2. The van der Waals surface area contributed by atoms with Crippen molar-refractivity contribution < 1.29 is 14.3 Å². The standard InChI is InChI=1S/C36H45N5O3/c1-5-44-34(42)16-9-10-21-41-36(37-26-38-41)31-19-17-30(18-20-31)35(32-14-11-15-33(22-32)43-4)40-24-27(2)39(23-28(40)3)25-29-12-7-6-8-13-29/h6-8,11-15,17-20,22,26-28,35H,5,9-10,16,21,23-25H2,1-4H3. The molecule has 0 aliphatic carbocycles. The summed E-state index contributed by atoms with van der Waals surface area (Å²) in [5, 5.41) is 4.46. The Balaban J connectivity index is 1.35. The molecule has 1 aromatic heterocycles. The zero-order chi connectivity index (χ0) is 30.9. The normalized spacial score (nSPS) is 18.2. The second-order valence-electron chi connectivity index (χ2n) is 11.7. The van der Waals surface area contributed by atoms with Gasteiger partial charge in [0.1, 0.15) is 12.1 Å². The lowest BCUT2D eigenvalue weighted by atomic mass is 9.92. The number of rotatable bonds is 13. The minimum absolute atomic E-state index is 0.0798. The topological polar surface area (TPSA) is 72.7 Å². The first-order chi connectivity index (χ1) is 21.5. The Morgan fingerprint density at radius 1 is 0.932 bits per heavy atom. The van der Waals surface area contributed by atoms with E-state index < -0.39 is 0 Å². The van der Waals surface area contributed by atoms with Gasteiger partial charge in [-0.1, -0.05) is 66.7 Å². The fourth-order valence-electron chi connectivity index (χ4n) is 6.24. The van der Waals surface area contributed by atoms with E-state index in [0.29, 0.717) is 31.7 Å². The van der Waals surface area contributed by atoms with Gasteiger partial charge < -0.3 is 9.47 Å². The molecule has 0 bridgehead atoms. The monoisotopic (exact) mass is 595 g/mol. The molecule has 1 aliphatic rings. The number of carbonyl (C=O) groups is 1. The van der Waals surface area contributed by atoms with Crippen molar-refractivity contribution in [2.45, 2.75) is 71.2 Å². The number of aryl methyl sites for hydroxylation is 1. The van der Waals surface area contributed by atoms with E-state index >= 15 is 0 Å². The number of hydrogen-bond donors (Lipinski definition) is 0. The predicted octanol–water partition coefficient (Wildman–Crippen LogP) is 6.37. The van der Waals surface area contributed by atoms with E-state index in [0.717, 1.165) is 49.6 Å². The number of aromatic nitrogens is 3. The van der Waals surface area contributed by atoms with Gasteiger partial charge in [0.05, 0.1) is 19.8 Å². The highest BCUT2D eigenvalue weighted by Gasteiger charge is 2.35. The van der Waals surface area contributed by atoms with Crippen LogP contribution in [0.15, 0.2) is 85.2 Å². The highest BCUT2D eigenvalue weighted by atomic mass is 16.5. The number of piperazine rings is 1. The van der Waals surface area contributed by atoms with Gasteiger partial charge in [0.2, 0.25) is 0 Å². The molecular weight excluding hydrogens is 550 g/mol. The van der Waals surface area contributed by atoms with Crippen molar-refractivity contribution in [3.05, 3.63) is 102 Å². The Bertz CT molecular complexity index is 1470. The lowest BCUT2D eigenvalue weighted by Crippen LogP contribution is -2.56.